The van der Waals surface area contributed by atoms with E-state index in [0.717, 1.165) is 43.4 Å². The molecular weight excluding hydrogens is 262 g/mol. The standard InChI is InChI=1S/C13H23N3O2S/c1-4-14-7-12-11(9-17-2)15-13(19-12)16-6-5-10(8-16)18-3/h10,14H,4-9H2,1-3H3. The number of aromatic nitrogens is 1. The molecule has 0 bridgehead atoms. The van der Waals surface area contributed by atoms with Gasteiger partial charge in [0.05, 0.1) is 18.4 Å². The van der Waals surface area contributed by atoms with Crippen LogP contribution in [0.15, 0.2) is 0 Å². The lowest BCUT2D eigenvalue weighted by Gasteiger charge is -2.13. The third-order valence-corrected chi connectivity index (χ3v) is 4.49. The van der Waals surface area contributed by atoms with Crippen molar-refractivity contribution >= 4 is 16.5 Å². The van der Waals surface area contributed by atoms with Crippen LogP contribution < -0.4 is 10.2 Å². The van der Waals surface area contributed by atoms with Crippen LogP contribution >= 0.6 is 11.3 Å². The van der Waals surface area contributed by atoms with Gasteiger partial charge >= 0.3 is 0 Å². The highest BCUT2D eigenvalue weighted by molar-refractivity contribution is 7.15. The molecule has 1 unspecified atom stereocenters. The molecule has 19 heavy (non-hydrogen) atoms. The fourth-order valence-corrected chi connectivity index (χ4v) is 3.29. The Morgan fingerprint density at radius 3 is 2.95 bits per heavy atom. The lowest BCUT2D eigenvalue weighted by molar-refractivity contribution is 0.121. The lowest BCUT2D eigenvalue weighted by atomic mass is 10.3. The molecule has 0 radical (unpaired) electrons. The summed E-state index contributed by atoms with van der Waals surface area (Å²) < 4.78 is 10.7. The van der Waals surface area contributed by atoms with Gasteiger partial charge in [0.15, 0.2) is 5.13 Å². The van der Waals surface area contributed by atoms with Crippen molar-refractivity contribution in [1.29, 1.82) is 0 Å². The Morgan fingerprint density at radius 1 is 1.47 bits per heavy atom. The molecule has 0 aliphatic carbocycles. The van der Waals surface area contributed by atoms with Crippen LogP contribution in [-0.4, -0.2) is 44.9 Å². The van der Waals surface area contributed by atoms with Crippen LogP contribution in [-0.2, 0) is 22.6 Å². The first kappa shape index (κ1) is 14.7. The molecule has 1 fully saturated rings. The summed E-state index contributed by atoms with van der Waals surface area (Å²) >= 11 is 1.77. The van der Waals surface area contributed by atoms with E-state index in [1.165, 1.54) is 4.88 Å². The summed E-state index contributed by atoms with van der Waals surface area (Å²) in [5, 5.41) is 4.46. The van der Waals surface area contributed by atoms with Crippen molar-refractivity contribution in [2.75, 3.05) is 38.8 Å². The minimum Gasteiger partial charge on any atom is -0.380 e. The van der Waals surface area contributed by atoms with Crippen LogP contribution in [0.3, 0.4) is 0 Å². The molecule has 0 spiro atoms. The quantitative estimate of drug-likeness (QED) is 0.825. The highest BCUT2D eigenvalue weighted by Gasteiger charge is 2.25. The van der Waals surface area contributed by atoms with Crippen LogP contribution in [0.1, 0.15) is 23.9 Å². The van der Waals surface area contributed by atoms with Gasteiger partial charge in [-0.15, -0.1) is 11.3 Å². The fraction of sp³-hybridized carbons (Fsp3) is 0.769. The van der Waals surface area contributed by atoms with Gasteiger partial charge in [-0.3, -0.25) is 0 Å². The van der Waals surface area contributed by atoms with Gasteiger partial charge < -0.3 is 19.7 Å². The Balaban J connectivity index is 2.08. The van der Waals surface area contributed by atoms with E-state index in [2.05, 4.69) is 17.1 Å². The molecule has 1 aliphatic rings. The largest absolute Gasteiger partial charge is 0.380 e. The minimum absolute atomic E-state index is 0.340. The highest BCUT2D eigenvalue weighted by atomic mass is 32.1. The van der Waals surface area contributed by atoms with Crippen molar-refractivity contribution < 1.29 is 9.47 Å². The molecule has 1 saturated heterocycles. The first-order valence-electron chi connectivity index (χ1n) is 6.74. The van der Waals surface area contributed by atoms with Crippen LogP contribution in [0.5, 0.6) is 0 Å². The van der Waals surface area contributed by atoms with E-state index in [4.69, 9.17) is 14.5 Å². The van der Waals surface area contributed by atoms with E-state index in [9.17, 15) is 0 Å². The predicted octanol–water partition coefficient (Wildman–Crippen LogP) is 1.62. The van der Waals surface area contributed by atoms with Gasteiger partial charge in [-0.05, 0) is 13.0 Å². The van der Waals surface area contributed by atoms with E-state index in [1.54, 1.807) is 25.6 Å². The smallest absolute Gasteiger partial charge is 0.186 e. The van der Waals surface area contributed by atoms with E-state index >= 15 is 0 Å². The Hall–Kier alpha value is -0.690. The summed E-state index contributed by atoms with van der Waals surface area (Å²) in [6.45, 7) is 6.50. The molecule has 0 amide bonds. The second kappa shape index (κ2) is 7.19. The molecule has 1 N–H and O–H groups in total. The molecule has 1 aromatic rings. The molecule has 1 aromatic heterocycles. The summed E-state index contributed by atoms with van der Waals surface area (Å²) in [6.07, 6.45) is 1.42. The zero-order chi connectivity index (χ0) is 13.7. The van der Waals surface area contributed by atoms with Crippen molar-refractivity contribution in [3.05, 3.63) is 10.6 Å². The molecular formula is C13H23N3O2S. The Morgan fingerprint density at radius 2 is 2.32 bits per heavy atom. The fourth-order valence-electron chi connectivity index (χ4n) is 2.23. The summed E-state index contributed by atoms with van der Waals surface area (Å²) in [7, 11) is 3.50. The molecule has 5 nitrogen and oxygen atoms in total. The predicted molar refractivity (Wildman–Crippen MR) is 77.8 cm³/mol. The Bertz CT molecular complexity index is 397. The highest BCUT2D eigenvalue weighted by Crippen LogP contribution is 2.29. The second-order valence-corrected chi connectivity index (χ2v) is 5.73. The molecule has 1 atom stereocenters. The zero-order valence-corrected chi connectivity index (χ0v) is 12.8. The topological polar surface area (TPSA) is 46.6 Å². The number of hydrogen-bond donors (Lipinski definition) is 1. The van der Waals surface area contributed by atoms with Crippen molar-refractivity contribution in [3.63, 3.8) is 0 Å². The number of rotatable bonds is 7. The normalized spacial score (nSPS) is 19.3. The Kier molecular flexibility index (Phi) is 5.57. The lowest BCUT2D eigenvalue weighted by Crippen LogP contribution is -2.21. The summed E-state index contributed by atoms with van der Waals surface area (Å²) in [6, 6.07) is 0. The zero-order valence-electron chi connectivity index (χ0n) is 11.9. The maximum atomic E-state index is 5.41. The van der Waals surface area contributed by atoms with Crippen LogP contribution in [0.4, 0.5) is 5.13 Å². The van der Waals surface area contributed by atoms with Gasteiger partial charge in [-0.1, -0.05) is 6.92 Å². The van der Waals surface area contributed by atoms with Crippen molar-refractivity contribution in [2.24, 2.45) is 0 Å². The summed E-state index contributed by atoms with van der Waals surface area (Å²) in [5.41, 5.74) is 1.06. The van der Waals surface area contributed by atoms with Crippen molar-refractivity contribution in [3.8, 4) is 0 Å². The molecule has 2 rings (SSSR count). The van der Waals surface area contributed by atoms with E-state index < -0.39 is 0 Å². The number of anilines is 1. The van der Waals surface area contributed by atoms with E-state index in [-0.39, 0.29) is 0 Å². The molecule has 0 aromatic carbocycles. The van der Waals surface area contributed by atoms with E-state index in [1.807, 2.05) is 0 Å². The molecule has 2 heterocycles. The number of methoxy groups -OCH3 is 2. The molecule has 108 valence electrons. The molecule has 1 aliphatic heterocycles. The van der Waals surface area contributed by atoms with Gasteiger partial charge in [-0.2, -0.15) is 0 Å². The third-order valence-electron chi connectivity index (χ3n) is 3.33. The number of nitrogens with one attached hydrogen (secondary N) is 1. The van der Waals surface area contributed by atoms with Crippen molar-refractivity contribution in [2.45, 2.75) is 32.6 Å². The number of hydrogen-bond acceptors (Lipinski definition) is 6. The minimum atomic E-state index is 0.340. The van der Waals surface area contributed by atoms with Gasteiger partial charge in [0.2, 0.25) is 0 Å². The Labute approximate surface area is 118 Å². The van der Waals surface area contributed by atoms with Crippen molar-refractivity contribution in [1.82, 2.24) is 10.3 Å². The van der Waals surface area contributed by atoms with Gasteiger partial charge in [-0.25, -0.2) is 4.98 Å². The maximum Gasteiger partial charge on any atom is 0.186 e. The number of thiazole rings is 1. The monoisotopic (exact) mass is 285 g/mol. The third kappa shape index (κ3) is 3.66. The average Bonchev–Trinajstić information content (AvgIpc) is 3.03. The van der Waals surface area contributed by atoms with Gasteiger partial charge in [0.25, 0.3) is 0 Å². The van der Waals surface area contributed by atoms with Crippen LogP contribution in [0.2, 0.25) is 0 Å². The molecule has 0 saturated carbocycles. The van der Waals surface area contributed by atoms with Gasteiger partial charge in [0.1, 0.15) is 0 Å². The average molecular weight is 285 g/mol. The summed E-state index contributed by atoms with van der Waals surface area (Å²) in [4.78, 5) is 8.32. The first-order chi connectivity index (χ1) is 9.28. The second-order valence-electron chi connectivity index (χ2n) is 4.67. The van der Waals surface area contributed by atoms with Crippen LogP contribution in [0, 0.1) is 0 Å². The SMILES string of the molecule is CCNCc1sc(N2CCC(OC)C2)nc1COC. The number of ether oxygens (including phenoxy) is 2. The van der Waals surface area contributed by atoms with Crippen LogP contribution in [0.25, 0.3) is 0 Å². The summed E-state index contributed by atoms with van der Waals surface area (Å²) in [5.74, 6) is 0. The first-order valence-corrected chi connectivity index (χ1v) is 7.56. The molecule has 6 heteroatoms. The maximum absolute atomic E-state index is 5.41. The van der Waals surface area contributed by atoms with Gasteiger partial charge in [0, 0.05) is 38.7 Å². The number of nitrogens with zero attached hydrogens (tertiary/aromatic N) is 2. The van der Waals surface area contributed by atoms with E-state index in [0.29, 0.717) is 12.7 Å².